The Labute approximate surface area is 170 Å². The number of hydrogen-bond acceptors (Lipinski definition) is 3. The number of carbonyl (C=O) groups excluding carboxylic acids is 1. The first-order chi connectivity index (χ1) is 14.1. The summed E-state index contributed by atoms with van der Waals surface area (Å²) in [6.07, 6.45) is 5.41. The van der Waals surface area contributed by atoms with Gasteiger partial charge in [-0.1, -0.05) is 36.8 Å². The Balaban J connectivity index is 1.51. The van der Waals surface area contributed by atoms with E-state index in [-0.39, 0.29) is 5.82 Å². The monoisotopic (exact) mass is 389 g/mol. The van der Waals surface area contributed by atoms with Gasteiger partial charge in [-0.2, -0.15) is 0 Å². The number of aromatic nitrogens is 1. The molecule has 1 fully saturated rings. The molecule has 0 bridgehead atoms. The van der Waals surface area contributed by atoms with Crippen molar-refractivity contribution in [1.82, 2.24) is 9.88 Å². The topological polar surface area (TPSA) is 59.2 Å². The molecular weight excluding hydrogens is 365 g/mol. The van der Waals surface area contributed by atoms with Crippen LogP contribution in [0.2, 0.25) is 0 Å². The average molecular weight is 389 g/mol. The first-order valence-electron chi connectivity index (χ1n) is 9.95. The van der Waals surface area contributed by atoms with Gasteiger partial charge in [0.1, 0.15) is 5.82 Å². The largest absolute Gasteiger partial charge is 0.366 e. The van der Waals surface area contributed by atoms with Crippen LogP contribution in [0.1, 0.15) is 46.8 Å². The minimum absolute atomic E-state index is 0.201. The van der Waals surface area contributed by atoms with Gasteiger partial charge in [0.05, 0.1) is 5.69 Å². The van der Waals surface area contributed by atoms with Crippen molar-refractivity contribution in [3.63, 3.8) is 0 Å². The maximum Gasteiger partial charge on any atom is 0.248 e. The number of likely N-dealkylation sites (tertiary alicyclic amines) is 1. The van der Waals surface area contributed by atoms with E-state index in [1.54, 1.807) is 12.1 Å². The molecule has 1 aromatic heterocycles. The van der Waals surface area contributed by atoms with E-state index in [1.807, 2.05) is 36.5 Å². The quantitative estimate of drug-likeness (QED) is 0.687. The smallest absolute Gasteiger partial charge is 0.248 e. The fraction of sp³-hybridized carbons (Fsp3) is 0.250. The van der Waals surface area contributed by atoms with Crippen LogP contribution in [0.5, 0.6) is 0 Å². The Morgan fingerprint density at radius 2 is 1.79 bits per heavy atom. The van der Waals surface area contributed by atoms with Gasteiger partial charge >= 0.3 is 0 Å². The highest BCUT2D eigenvalue weighted by Gasteiger charge is 2.24. The molecule has 2 heterocycles. The lowest BCUT2D eigenvalue weighted by Gasteiger charge is -2.36. The molecule has 29 heavy (non-hydrogen) atoms. The second-order valence-corrected chi connectivity index (χ2v) is 7.53. The van der Waals surface area contributed by atoms with Crippen molar-refractivity contribution >= 4 is 5.91 Å². The Kier molecular flexibility index (Phi) is 5.67. The zero-order valence-electron chi connectivity index (χ0n) is 16.2. The summed E-state index contributed by atoms with van der Waals surface area (Å²) in [6, 6.07) is 18.4. The molecule has 0 aliphatic carbocycles. The summed E-state index contributed by atoms with van der Waals surface area (Å²) >= 11 is 0. The van der Waals surface area contributed by atoms with Crippen molar-refractivity contribution in [2.75, 3.05) is 6.54 Å². The van der Waals surface area contributed by atoms with Crippen LogP contribution in [0.3, 0.4) is 0 Å². The molecule has 0 saturated carbocycles. The second kappa shape index (κ2) is 8.53. The first-order valence-corrected chi connectivity index (χ1v) is 9.95. The molecule has 5 heteroatoms. The highest BCUT2D eigenvalue weighted by molar-refractivity contribution is 5.93. The molecule has 1 atom stereocenters. The zero-order valence-corrected chi connectivity index (χ0v) is 16.2. The summed E-state index contributed by atoms with van der Waals surface area (Å²) in [5, 5.41) is 0. The van der Waals surface area contributed by atoms with Crippen molar-refractivity contribution in [2.45, 2.75) is 31.8 Å². The fourth-order valence-corrected chi connectivity index (χ4v) is 3.96. The third kappa shape index (κ3) is 4.51. The van der Waals surface area contributed by atoms with Gasteiger partial charge < -0.3 is 5.73 Å². The van der Waals surface area contributed by atoms with Crippen molar-refractivity contribution in [3.05, 3.63) is 89.4 Å². The summed E-state index contributed by atoms with van der Waals surface area (Å²) in [5.41, 5.74) is 9.93. The van der Waals surface area contributed by atoms with E-state index in [2.05, 4.69) is 16.0 Å². The lowest BCUT2D eigenvalue weighted by atomic mass is 9.95. The van der Waals surface area contributed by atoms with Crippen LogP contribution >= 0.6 is 0 Å². The number of nitrogens with two attached hydrogens (primary N) is 1. The lowest BCUT2D eigenvalue weighted by molar-refractivity contribution is 0.100. The van der Waals surface area contributed by atoms with Crippen LogP contribution in [-0.4, -0.2) is 22.3 Å². The maximum atomic E-state index is 13.2. The van der Waals surface area contributed by atoms with Gasteiger partial charge in [0, 0.05) is 29.9 Å². The number of benzene rings is 2. The molecule has 1 amide bonds. The summed E-state index contributed by atoms with van der Waals surface area (Å²) in [7, 11) is 0. The van der Waals surface area contributed by atoms with E-state index in [0.717, 1.165) is 36.3 Å². The molecule has 4 nitrogen and oxygen atoms in total. The maximum absolute atomic E-state index is 13.2. The summed E-state index contributed by atoms with van der Waals surface area (Å²) < 4.78 is 13.2. The van der Waals surface area contributed by atoms with Crippen molar-refractivity contribution in [3.8, 4) is 11.3 Å². The summed E-state index contributed by atoms with van der Waals surface area (Å²) in [4.78, 5) is 18.3. The van der Waals surface area contributed by atoms with Crippen LogP contribution < -0.4 is 5.73 Å². The second-order valence-electron chi connectivity index (χ2n) is 7.53. The molecule has 1 saturated heterocycles. The number of pyridine rings is 1. The molecule has 1 aliphatic heterocycles. The van der Waals surface area contributed by atoms with Gasteiger partial charge in [-0.05, 0) is 60.8 Å². The Hall–Kier alpha value is -3.05. The van der Waals surface area contributed by atoms with Gasteiger partial charge in [-0.15, -0.1) is 0 Å². The number of carbonyl (C=O) groups is 1. The van der Waals surface area contributed by atoms with Gasteiger partial charge in [0.25, 0.3) is 0 Å². The highest BCUT2D eigenvalue weighted by Crippen LogP contribution is 2.32. The number of amides is 1. The summed E-state index contributed by atoms with van der Waals surface area (Å²) in [5.74, 6) is -0.633. The predicted molar refractivity (Wildman–Crippen MR) is 112 cm³/mol. The molecule has 2 N–H and O–H groups in total. The Morgan fingerprint density at radius 1 is 1.03 bits per heavy atom. The predicted octanol–water partition coefficient (Wildman–Crippen LogP) is 4.71. The van der Waals surface area contributed by atoms with Gasteiger partial charge in [-0.3, -0.25) is 14.7 Å². The molecule has 1 unspecified atom stereocenters. The summed E-state index contributed by atoms with van der Waals surface area (Å²) in [6.45, 7) is 1.83. The van der Waals surface area contributed by atoms with E-state index in [1.165, 1.54) is 30.5 Å². The lowest BCUT2D eigenvalue weighted by Crippen LogP contribution is -2.33. The third-order valence-corrected chi connectivity index (χ3v) is 5.55. The van der Waals surface area contributed by atoms with Crippen molar-refractivity contribution in [1.29, 1.82) is 0 Å². The van der Waals surface area contributed by atoms with E-state index in [9.17, 15) is 9.18 Å². The van der Waals surface area contributed by atoms with Crippen LogP contribution in [0.4, 0.5) is 4.39 Å². The number of nitrogens with zero attached hydrogens (tertiary/aromatic N) is 2. The van der Waals surface area contributed by atoms with Crippen LogP contribution in [-0.2, 0) is 6.54 Å². The third-order valence-electron chi connectivity index (χ3n) is 5.55. The molecular formula is C24H24FN3O. The number of rotatable bonds is 5. The molecule has 148 valence electrons. The van der Waals surface area contributed by atoms with Crippen molar-refractivity contribution < 1.29 is 9.18 Å². The van der Waals surface area contributed by atoms with Gasteiger partial charge in [0.15, 0.2) is 0 Å². The number of hydrogen-bond donors (Lipinski definition) is 1. The average Bonchev–Trinajstić information content (AvgIpc) is 2.76. The van der Waals surface area contributed by atoms with Gasteiger partial charge in [0.2, 0.25) is 5.91 Å². The Bertz CT molecular complexity index is 969. The number of primary amides is 1. The Morgan fingerprint density at radius 3 is 2.45 bits per heavy atom. The van der Waals surface area contributed by atoms with Crippen LogP contribution in [0.25, 0.3) is 11.3 Å². The fourth-order valence-electron chi connectivity index (χ4n) is 3.96. The van der Waals surface area contributed by atoms with Crippen LogP contribution in [0.15, 0.2) is 66.9 Å². The standard InChI is InChI=1S/C24H24FN3O/c25-21-11-4-17(5-12-21)16-28-14-2-1-3-23(28)20-10-13-22(27-15-20)18-6-8-19(9-7-18)24(26)29/h4-13,15,23H,1-3,14,16H2,(H2,26,29). The highest BCUT2D eigenvalue weighted by atomic mass is 19.1. The van der Waals surface area contributed by atoms with Gasteiger partial charge in [-0.25, -0.2) is 4.39 Å². The normalized spacial score (nSPS) is 17.2. The molecule has 1 aliphatic rings. The minimum atomic E-state index is -0.432. The SMILES string of the molecule is NC(=O)c1ccc(-c2ccc(C3CCCCN3Cc3ccc(F)cc3)cn2)cc1. The van der Waals surface area contributed by atoms with Crippen molar-refractivity contribution in [2.24, 2.45) is 5.73 Å². The molecule has 3 aromatic rings. The molecule has 4 rings (SSSR count). The first kappa shape index (κ1) is 19.3. The molecule has 0 spiro atoms. The number of halogens is 1. The molecule has 0 radical (unpaired) electrons. The van der Waals surface area contributed by atoms with Crippen LogP contribution in [0, 0.1) is 5.82 Å². The van der Waals surface area contributed by atoms with E-state index >= 15 is 0 Å². The van der Waals surface area contributed by atoms with E-state index < -0.39 is 5.91 Å². The zero-order chi connectivity index (χ0) is 20.2. The minimum Gasteiger partial charge on any atom is -0.366 e. The molecule has 2 aromatic carbocycles. The van der Waals surface area contributed by atoms with E-state index in [0.29, 0.717) is 11.6 Å². The number of piperidine rings is 1. The van der Waals surface area contributed by atoms with E-state index in [4.69, 9.17) is 5.73 Å².